The number of hydrogen-bond donors (Lipinski definition) is 0. The largest absolute Gasteiger partial charge is 0.496 e. The third kappa shape index (κ3) is 3.25. The van der Waals surface area contributed by atoms with E-state index in [9.17, 15) is 19.7 Å². The number of furan rings is 1. The van der Waals surface area contributed by atoms with Gasteiger partial charge < -0.3 is 9.15 Å². The molecule has 10 heteroatoms. The van der Waals surface area contributed by atoms with Gasteiger partial charge >= 0.3 is 0 Å². The smallest absolute Gasteiger partial charge is 0.270 e. The van der Waals surface area contributed by atoms with E-state index >= 15 is 0 Å². The van der Waals surface area contributed by atoms with E-state index in [-0.39, 0.29) is 22.1 Å². The van der Waals surface area contributed by atoms with E-state index in [0.717, 1.165) is 0 Å². The molecule has 1 aromatic heterocycles. The number of nitrogens with zero attached hydrogens (tertiary/aromatic N) is 3. The number of non-ortho nitro benzene ring substituents is 1. The van der Waals surface area contributed by atoms with Gasteiger partial charge in [-0.3, -0.25) is 29.5 Å². The highest BCUT2D eigenvalue weighted by Crippen LogP contribution is 2.35. The normalized spacial score (nSPS) is 14.5. The van der Waals surface area contributed by atoms with Gasteiger partial charge in [0.25, 0.3) is 17.5 Å². The van der Waals surface area contributed by atoms with E-state index in [2.05, 4.69) is 0 Å². The average Bonchev–Trinajstić information content (AvgIpc) is 3.16. The van der Waals surface area contributed by atoms with Crippen LogP contribution in [0.25, 0.3) is 17.4 Å². The van der Waals surface area contributed by atoms with Crippen LogP contribution in [0, 0.1) is 10.1 Å². The number of ether oxygens (including phenoxy) is 1. The number of nitro benzene ring substituents is 1. The quantitative estimate of drug-likeness (QED) is 0.255. The maximum atomic E-state index is 12.4. The van der Waals surface area contributed by atoms with Gasteiger partial charge in [-0.2, -0.15) is 0 Å². The molecule has 3 rings (SSSR count). The van der Waals surface area contributed by atoms with Crippen molar-refractivity contribution in [3.8, 4) is 17.1 Å². The molecular weight excluding hydrogens is 386 g/mol. The second kappa shape index (κ2) is 7.24. The molecule has 0 aliphatic carbocycles. The highest BCUT2D eigenvalue weighted by atomic mass is 32.1. The Morgan fingerprint density at radius 2 is 1.79 bits per heavy atom. The van der Waals surface area contributed by atoms with Crippen molar-refractivity contribution in [1.29, 1.82) is 0 Å². The molecule has 0 radical (unpaired) electrons. The predicted octanol–water partition coefficient (Wildman–Crippen LogP) is 2.46. The lowest BCUT2D eigenvalue weighted by atomic mass is 10.1. The first-order valence-corrected chi connectivity index (χ1v) is 8.39. The lowest BCUT2D eigenvalue weighted by molar-refractivity contribution is -0.384. The highest BCUT2D eigenvalue weighted by Gasteiger charge is 2.35. The number of carbonyl (C=O) groups excluding carboxylic acids is 2. The highest BCUT2D eigenvalue weighted by molar-refractivity contribution is 7.80. The van der Waals surface area contributed by atoms with Gasteiger partial charge in [-0.1, -0.05) is 0 Å². The summed E-state index contributed by atoms with van der Waals surface area (Å²) in [5.74, 6) is -0.179. The van der Waals surface area contributed by atoms with Crippen LogP contribution in [0.4, 0.5) is 5.69 Å². The molecule has 2 aromatic rings. The molecule has 0 spiro atoms. The predicted molar refractivity (Wildman–Crippen MR) is 103 cm³/mol. The van der Waals surface area contributed by atoms with Crippen molar-refractivity contribution in [3.63, 3.8) is 0 Å². The van der Waals surface area contributed by atoms with Crippen LogP contribution in [0.5, 0.6) is 5.75 Å². The maximum Gasteiger partial charge on any atom is 0.270 e. The summed E-state index contributed by atoms with van der Waals surface area (Å²) >= 11 is 5.04. The zero-order chi connectivity index (χ0) is 20.6. The molecule has 0 atom stereocenters. The Morgan fingerprint density at radius 1 is 1.14 bits per heavy atom. The molecule has 1 fully saturated rings. The molecule has 1 saturated heterocycles. The Kier molecular flexibility index (Phi) is 4.97. The van der Waals surface area contributed by atoms with Gasteiger partial charge in [-0.05, 0) is 36.5 Å². The number of amides is 2. The van der Waals surface area contributed by atoms with E-state index in [4.69, 9.17) is 21.4 Å². The number of thiocarbonyl (C=S) groups is 1. The molecular formula is C18H15N3O6S. The Morgan fingerprint density at radius 3 is 2.36 bits per heavy atom. The summed E-state index contributed by atoms with van der Waals surface area (Å²) in [6.45, 7) is 0. The van der Waals surface area contributed by atoms with Crippen LogP contribution < -0.4 is 4.74 Å². The Bertz CT molecular complexity index is 1020. The van der Waals surface area contributed by atoms with Crippen LogP contribution in [0.15, 0.2) is 40.3 Å². The van der Waals surface area contributed by atoms with Crippen molar-refractivity contribution in [2.45, 2.75) is 0 Å². The van der Waals surface area contributed by atoms with Crippen molar-refractivity contribution in [1.82, 2.24) is 9.80 Å². The van der Waals surface area contributed by atoms with Crippen molar-refractivity contribution in [2.24, 2.45) is 0 Å². The minimum Gasteiger partial charge on any atom is -0.496 e. The van der Waals surface area contributed by atoms with Crippen molar-refractivity contribution in [2.75, 3.05) is 21.2 Å². The van der Waals surface area contributed by atoms with Gasteiger partial charge in [0.2, 0.25) is 0 Å². The molecule has 144 valence electrons. The number of benzene rings is 1. The minimum atomic E-state index is -0.543. The molecule has 0 bridgehead atoms. The molecule has 0 unspecified atom stereocenters. The van der Waals surface area contributed by atoms with E-state index < -0.39 is 16.7 Å². The first-order chi connectivity index (χ1) is 13.2. The average molecular weight is 401 g/mol. The summed E-state index contributed by atoms with van der Waals surface area (Å²) < 4.78 is 10.9. The Hall–Kier alpha value is -3.53. The van der Waals surface area contributed by atoms with Crippen LogP contribution in [-0.2, 0) is 9.59 Å². The number of hydrogen-bond acceptors (Lipinski definition) is 7. The van der Waals surface area contributed by atoms with Gasteiger partial charge in [-0.15, -0.1) is 0 Å². The molecule has 0 N–H and O–H groups in total. The number of methoxy groups -OCH3 is 1. The topological polar surface area (TPSA) is 106 Å². The summed E-state index contributed by atoms with van der Waals surface area (Å²) in [6, 6.07) is 7.23. The number of nitro groups is 1. The van der Waals surface area contributed by atoms with Gasteiger partial charge in [-0.25, -0.2) is 0 Å². The zero-order valence-electron chi connectivity index (χ0n) is 15.2. The molecule has 2 amide bonds. The molecule has 1 aliphatic rings. The molecule has 1 aromatic carbocycles. The van der Waals surface area contributed by atoms with E-state index in [1.165, 1.54) is 55.3 Å². The molecule has 9 nitrogen and oxygen atoms in total. The summed E-state index contributed by atoms with van der Waals surface area (Å²) in [7, 11) is 4.39. The molecule has 0 saturated carbocycles. The maximum absolute atomic E-state index is 12.4. The molecule has 2 heterocycles. The molecule has 1 aliphatic heterocycles. The number of carbonyl (C=O) groups is 2. The number of rotatable bonds is 4. The Balaban J connectivity index is 2.01. The van der Waals surface area contributed by atoms with Crippen LogP contribution in [0.3, 0.4) is 0 Å². The second-order valence-electron chi connectivity index (χ2n) is 5.91. The minimum absolute atomic E-state index is 0.105. The lowest BCUT2D eigenvalue weighted by Gasteiger charge is -2.31. The van der Waals surface area contributed by atoms with Crippen molar-refractivity contribution >= 4 is 40.9 Å². The SMILES string of the molecule is COc1ccc([N+](=O)[O-])cc1-c1ccc(C=C2C(=O)N(C)C(=S)N(C)C2=O)o1. The van der Waals surface area contributed by atoms with Gasteiger partial charge in [0, 0.05) is 26.2 Å². The third-order valence-electron chi connectivity index (χ3n) is 4.22. The summed E-state index contributed by atoms with van der Waals surface area (Å²) in [6.07, 6.45) is 1.31. The van der Waals surface area contributed by atoms with Gasteiger partial charge in [0.15, 0.2) is 5.11 Å². The van der Waals surface area contributed by atoms with Crippen molar-refractivity contribution in [3.05, 3.63) is 51.8 Å². The summed E-state index contributed by atoms with van der Waals surface area (Å²) in [5, 5.41) is 11.1. The zero-order valence-corrected chi connectivity index (χ0v) is 16.0. The Labute approximate surface area is 164 Å². The first-order valence-electron chi connectivity index (χ1n) is 7.99. The van der Waals surface area contributed by atoms with Crippen LogP contribution in [0.1, 0.15) is 5.76 Å². The van der Waals surface area contributed by atoms with Crippen LogP contribution >= 0.6 is 12.2 Å². The standard InChI is InChI=1S/C18H15N3O6S/c1-19-16(22)13(17(23)20(2)18(19)28)9-11-5-7-15(27-11)12-8-10(21(24)25)4-6-14(12)26-3/h4-9H,1-3H3. The molecule has 28 heavy (non-hydrogen) atoms. The second-order valence-corrected chi connectivity index (χ2v) is 6.28. The monoisotopic (exact) mass is 401 g/mol. The van der Waals surface area contributed by atoms with E-state index in [0.29, 0.717) is 17.1 Å². The summed E-state index contributed by atoms with van der Waals surface area (Å²) in [5.41, 5.74) is 0.144. The third-order valence-corrected chi connectivity index (χ3v) is 4.76. The van der Waals surface area contributed by atoms with E-state index in [1.807, 2.05) is 0 Å². The first kappa shape index (κ1) is 19.2. The number of likely N-dealkylation sites (N-methyl/N-ethyl adjacent to an activating group) is 2. The summed E-state index contributed by atoms with van der Waals surface area (Å²) in [4.78, 5) is 37.7. The lowest BCUT2D eigenvalue weighted by Crippen LogP contribution is -2.52. The van der Waals surface area contributed by atoms with Crippen molar-refractivity contribution < 1.29 is 23.7 Å². The van der Waals surface area contributed by atoms with Crippen LogP contribution in [0.2, 0.25) is 0 Å². The van der Waals surface area contributed by atoms with Crippen LogP contribution in [-0.4, -0.2) is 52.9 Å². The van der Waals surface area contributed by atoms with Gasteiger partial charge in [0.05, 0.1) is 17.6 Å². The van der Waals surface area contributed by atoms with Gasteiger partial charge in [0.1, 0.15) is 22.8 Å². The van der Waals surface area contributed by atoms with E-state index in [1.54, 1.807) is 12.1 Å². The fraction of sp³-hybridized carbons (Fsp3) is 0.167. The fourth-order valence-corrected chi connectivity index (χ4v) is 2.86. The fourth-order valence-electron chi connectivity index (χ4n) is 2.69.